The Morgan fingerprint density at radius 1 is 1.38 bits per heavy atom. The summed E-state index contributed by atoms with van der Waals surface area (Å²) < 4.78 is 0. The van der Waals surface area contributed by atoms with Gasteiger partial charge in [-0.05, 0) is 50.1 Å². The zero-order chi connectivity index (χ0) is 15.4. The van der Waals surface area contributed by atoms with Crippen molar-refractivity contribution < 1.29 is 14.7 Å². The monoisotopic (exact) mass is 309 g/mol. The molecule has 4 nitrogen and oxygen atoms in total. The Kier molecular flexibility index (Phi) is 5.37. The van der Waals surface area contributed by atoms with Gasteiger partial charge in [0.2, 0.25) is 0 Å². The Morgan fingerprint density at radius 3 is 2.81 bits per heavy atom. The normalized spacial score (nSPS) is 19.4. The molecule has 21 heavy (non-hydrogen) atoms. The van der Waals surface area contributed by atoms with Crippen molar-refractivity contribution in [2.75, 3.05) is 13.1 Å². The van der Waals surface area contributed by atoms with Crippen molar-refractivity contribution in [1.29, 1.82) is 0 Å². The number of carbonyl (C=O) groups is 2. The van der Waals surface area contributed by atoms with Crippen molar-refractivity contribution in [3.05, 3.63) is 34.3 Å². The molecule has 1 aliphatic rings. The second kappa shape index (κ2) is 7.05. The van der Waals surface area contributed by atoms with Gasteiger partial charge in [0.05, 0.1) is 0 Å². The molecule has 0 radical (unpaired) electrons. The molecule has 1 unspecified atom stereocenters. The van der Waals surface area contributed by atoms with Crippen LogP contribution in [0.25, 0.3) is 0 Å². The number of hydrogen-bond acceptors (Lipinski definition) is 3. The van der Waals surface area contributed by atoms with Crippen molar-refractivity contribution in [3.63, 3.8) is 0 Å². The molecule has 2 rings (SSSR count). The van der Waals surface area contributed by atoms with Crippen LogP contribution >= 0.6 is 11.6 Å². The zero-order valence-electron chi connectivity index (χ0n) is 12.1. The van der Waals surface area contributed by atoms with Gasteiger partial charge in [-0.1, -0.05) is 18.0 Å². The van der Waals surface area contributed by atoms with Crippen LogP contribution in [0.3, 0.4) is 0 Å². The fourth-order valence-corrected chi connectivity index (χ4v) is 2.86. The summed E-state index contributed by atoms with van der Waals surface area (Å²) in [4.78, 5) is 25.3. The molecule has 1 aromatic carbocycles. The highest BCUT2D eigenvalue weighted by molar-refractivity contribution is 6.31. The lowest BCUT2D eigenvalue weighted by Crippen LogP contribution is -2.45. The Labute approximate surface area is 129 Å². The summed E-state index contributed by atoms with van der Waals surface area (Å²) in [7, 11) is 0. The lowest BCUT2D eigenvalue weighted by molar-refractivity contribution is -0.144. The predicted molar refractivity (Wildman–Crippen MR) is 82.0 cm³/mol. The lowest BCUT2D eigenvalue weighted by atomic mass is 10.0. The fraction of sp³-hybridized carbons (Fsp3) is 0.500. The maximum atomic E-state index is 12.2. The number of piperidine rings is 1. The minimum atomic E-state index is -0.788. The van der Waals surface area contributed by atoms with E-state index in [2.05, 4.69) is 0 Å². The van der Waals surface area contributed by atoms with Gasteiger partial charge in [0, 0.05) is 23.6 Å². The van der Waals surface area contributed by atoms with Gasteiger partial charge >= 0.3 is 5.97 Å². The number of hydrogen-bond donors (Lipinski definition) is 1. The molecule has 0 bridgehead atoms. The largest absolute Gasteiger partial charge is 0.480 e. The molecule has 1 saturated heterocycles. The molecule has 0 spiro atoms. The minimum absolute atomic E-state index is 0.0319. The Hall–Kier alpha value is -1.39. The molecule has 0 aromatic heterocycles. The molecule has 0 amide bonds. The first-order chi connectivity index (χ1) is 9.99. The molecule has 1 aromatic rings. The van der Waals surface area contributed by atoms with E-state index in [0.717, 1.165) is 24.9 Å². The third-order valence-electron chi connectivity index (χ3n) is 4.00. The molecule has 0 aliphatic carbocycles. The molecule has 1 atom stereocenters. The third kappa shape index (κ3) is 4.05. The van der Waals surface area contributed by atoms with E-state index in [0.29, 0.717) is 30.0 Å². The molecule has 1 fully saturated rings. The number of ketones is 1. The summed E-state index contributed by atoms with van der Waals surface area (Å²) in [5.74, 6) is -0.756. The summed E-state index contributed by atoms with van der Waals surface area (Å²) >= 11 is 5.95. The number of carboxylic acid groups (broad SMARTS) is 1. The second-order valence-corrected chi connectivity index (χ2v) is 5.93. The quantitative estimate of drug-likeness (QED) is 0.849. The highest BCUT2D eigenvalue weighted by Gasteiger charge is 2.28. The van der Waals surface area contributed by atoms with Gasteiger partial charge in [0.25, 0.3) is 0 Å². The van der Waals surface area contributed by atoms with Gasteiger partial charge in [-0.25, -0.2) is 0 Å². The predicted octanol–water partition coefficient (Wildman–Crippen LogP) is 3.16. The summed E-state index contributed by atoms with van der Waals surface area (Å²) in [6.45, 7) is 3.12. The van der Waals surface area contributed by atoms with Crippen LogP contribution in [0.5, 0.6) is 0 Å². The third-order valence-corrected chi connectivity index (χ3v) is 4.43. The minimum Gasteiger partial charge on any atom is -0.480 e. The zero-order valence-corrected chi connectivity index (χ0v) is 12.9. The molecular weight excluding hydrogens is 290 g/mol. The van der Waals surface area contributed by atoms with E-state index < -0.39 is 12.0 Å². The average Bonchev–Trinajstić information content (AvgIpc) is 2.47. The number of halogens is 1. The van der Waals surface area contributed by atoms with Crippen molar-refractivity contribution in [1.82, 2.24) is 4.90 Å². The molecular formula is C16H20ClNO3. The first-order valence-corrected chi connectivity index (χ1v) is 7.63. The van der Waals surface area contributed by atoms with E-state index in [1.165, 1.54) is 0 Å². The Bertz CT molecular complexity index is 544. The molecule has 1 aliphatic heterocycles. The SMILES string of the molecule is Cc1cc(C(=O)CCN2CCCCC2C(=O)O)ccc1Cl. The van der Waals surface area contributed by atoms with Crippen LogP contribution in [0.4, 0.5) is 0 Å². The number of carboxylic acids is 1. The van der Waals surface area contributed by atoms with Crippen molar-refractivity contribution in [3.8, 4) is 0 Å². The van der Waals surface area contributed by atoms with Gasteiger partial charge in [0.1, 0.15) is 6.04 Å². The number of nitrogens with zero attached hydrogens (tertiary/aromatic N) is 1. The lowest BCUT2D eigenvalue weighted by Gasteiger charge is -2.32. The van der Waals surface area contributed by atoms with Crippen molar-refractivity contribution in [2.45, 2.75) is 38.6 Å². The van der Waals surface area contributed by atoms with Crippen molar-refractivity contribution in [2.24, 2.45) is 0 Å². The Morgan fingerprint density at radius 2 is 2.14 bits per heavy atom. The summed E-state index contributed by atoms with van der Waals surface area (Å²) in [5.41, 5.74) is 1.52. The van der Waals surface area contributed by atoms with E-state index >= 15 is 0 Å². The number of benzene rings is 1. The van der Waals surface area contributed by atoms with E-state index in [1.807, 2.05) is 11.8 Å². The van der Waals surface area contributed by atoms with Crippen LogP contribution in [0.2, 0.25) is 5.02 Å². The first kappa shape index (κ1) is 16.0. The highest BCUT2D eigenvalue weighted by atomic mass is 35.5. The summed E-state index contributed by atoms with van der Waals surface area (Å²) in [6, 6.07) is 4.79. The maximum absolute atomic E-state index is 12.2. The molecule has 1 heterocycles. The van der Waals surface area contributed by atoms with Crippen LogP contribution in [0, 0.1) is 6.92 Å². The second-order valence-electron chi connectivity index (χ2n) is 5.52. The smallest absolute Gasteiger partial charge is 0.320 e. The van der Waals surface area contributed by atoms with Crippen molar-refractivity contribution >= 4 is 23.4 Å². The summed E-state index contributed by atoms with van der Waals surface area (Å²) in [5, 5.41) is 9.86. The van der Waals surface area contributed by atoms with Crippen LogP contribution in [-0.2, 0) is 4.79 Å². The van der Waals surface area contributed by atoms with Gasteiger partial charge in [-0.3, -0.25) is 14.5 Å². The van der Waals surface area contributed by atoms with Gasteiger partial charge in [-0.15, -0.1) is 0 Å². The van der Waals surface area contributed by atoms with E-state index in [4.69, 9.17) is 11.6 Å². The highest BCUT2D eigenvalue weighted by Crippen LogP contribution is 2.20. The van der Waals surface area contributed by atoms with Crippen LogP contribution in [-0.4, -0.2) is 40.9 Å². The van der Waals surface area contributed by atoms with Crippen LogP contribution in [0.1, 0.15) is 41.6 Å². The maximum Gasteiger partial charge on any atom is 0.320 e. The molecule has 0 saturated carbocycles. The molecule has 114 valence electrons. The number of rotatable bonds is 5. The van der Waals surface area contributed by atoms with E-state index in [9.17, 15) is 14.7 Å². The number of likely N-dealkylation sites (tertiary alicyclic amines) is 1. The molecule has 5 heteroatoms. The number of carbonyl (C=O) groups excluding carboxylic acids is 1. The van der Waals surface area contributed by atoms with Gasteiger partial charge < -0.3 is 5.11 Å². The van der Waals surface area contributed by atoms with E-state index in [1.54, 1.807) is 18.2 Å². The average molecular weight is 310 g/mol. The number of aliphatic carboxylic acids is 1. The first-order valence-electron chi connectivity index (χ1n) is 7.25. The molecule has 1 N–H and O–H groups in total. The standard InChI is InChI=1S/C16H20ClNO3/c1-11-10-12(5-6-13(11)17)15(19)7-9-18-8-3-2-4-14(18)16(20)21/h5-6,10,14H,2-4,7-9H2,1H3,(H,20,21). The van der Waals surface area contributed by atoms with Gasteiger partial charge in [-0.2, -0.15) is 0 Å². The number of aryl methyl sites for hydroxylation is 1. The van der Waals surface area contributed by atoms with Crippen LogP contribution < -0.4 is 0 Å². The van der Waals surface area contributed by atoms with Gasteiger partial charge in [0.15, 0.2) is 5.78 Å². The topological polar surface area (TPSA) is 57.6 Å². The fourth-order valence-electron chi connectivity index (χ4n) is 2.75. The Balaban J connectivity index is 1.96. The van der Waals surface area contributed by atoms with E-state index in [-0.39, 0.29) is 5.78 Å². The summed E-state index contributed by atoms with van der Waals surface area (Å²) in [6.07, 6.45) is 2.95. The number of Topliss-reactive ketones (excluding diaryl/α,β-unsaturated/α-hetero) is 1. The van der Waals surface area contributed by atoms with Crippen LogP contribution in [0.15, 0.2) is 18.2 Å².